The van der Waals surface area contributed by atoms with Gasteiger partial charge in [0.2, 0.25) is 0 Å². The van der Waals surface area contributed by atoms with E-state index in [1.54, 1.807) is 0 Å². The fourth-order valence-electron chi connectivity index (χ4n) is 2.83. The van der Waals surface area contributed by atoms with Crippen LogP contribution in [0.3, 0.4) is 0 Å². The van der Waals surface area contributed by atoms with Crippen LogP contribution in [0.2, 0.25) is 5.02 Å². The maximum atomic E-state index is 6.36. The molecule has 4 heteroatoms. The van der Waals surface area contributed by atoms with Gasteiger partial charge < -0.3 is 9.88 Å². The normalized spacial score (nSPS) is 11.3. The molecule has 0 saturated heterocycles. The lowest BCUT2D eigenvalue weighted by Gasteiger charge is -2.11. The van der Waals surface area contributed by atoms with Crippen molar-refractivity contribution in [3.05, 3.63) is 63.9 Å². The van der Waals surface area contributed by atoms with Gasteiger partial charge in [-0.05, 0) is 55.8 Å². The molecule has 23 heavy (non-hydrogen) atoms. The lowest BCUT2D eigenvalue weighted by molar-refractivity contribution is 0.696. The zero-order valence-corrected chi connectivity index (χ0v) is 14.6. The number of benzene rings is 2. The third-order valence-electron chi connectivity index (χ3n) is 4.33. The van der Waals surface area contributed by atoms with Gasteiger partial charge in [-0.25, -0.2) is 4.98 Å². The van der Waals surface area contributed by atoms with Crippen molar-refractivity contribution in [2.24, 2.45) is 0 Å². The molecule has 3 nitrogen and oxygen atoms in total. The van der Waals surface area contributed by atoms with Crippen LogP contribution in [-0.4, -0.2) is 23.1 Å². The summed E-state index contributed by atoms with van der Waals surface area (Å²) in [6.07, 6.45) is 0.897. The molecule has 1 heterocycles. The van der Waals surface area contributed by atoms with E-state index < -0.39 is 0 Å². The Bertz CT molecular complexity index is 836. The number of aromatic nitrogens is 2. The van der Waals surface area contributed by atoms with Gasteiger partial charge in [0.1, 0.15) is 5.82 Å². The minimum atomic E-state index is 0.748. The molecule has 120 valence electrons. The van der Waals surface area contributed by atoms with E-state index in [2.05, 4.69) is 41.9 Å². The van der Waals surface area contributed by atoms with Crippen LogP contribution in [0.25, 0.3) is 11.0 Å². The Labute approximate surface area is 142 Å². The molecule has 1 aromatic heterocycles. The second kappa shape index (κ2) is 6.73. The molecular weight excluding hydrogens is 306 g/mol. The molecule has 0 atom stereocenters. The van der Waals surface area contributed by atoms with E-state index in [9.17, 15) is 0 Å². The minimum Gasteiger partial charge on any atom is -0.323 e. The zero-order chi connectivity index (χ0) is 16.4. The monoisotopic (exact) mass is 327 g/mol. The number of nitrogens with one attached hydrogen (secondary N) is 1. The highest BCUT2D eigenvalue weighted by atomic mass is 35.5. The summed E-state index contributed by atoms with van der Waals surface area (Å²) in [4.78, 5) is 4.86. The molecule has 0 unspecified atom stereocenters. The quantitative estimate of drug-likeness (QED) is 0.764. The molecule has 0 radical (unpaired) electrons. The Morgan fingerprint density at radius 2 is 1.87 bits per heavy atom. The van der Waals surface area contributed by atoms with Crippen molar-refractivity contribution >= 4 is 22.6 Å². The number of aryl methyl sites for hydroxylation is 2. The van der Waals surface area contributed by atoms with Crippen molar-refractivity contribution < 1.29 is 0 Å². The molecular formula is C19H22ClN3. The van der Waals surface area contributed by atoms with Crippen molar-refractivity contribution in [2.45, 2.75) is 26.8 Å². The second-order valence-electron chi connectivity index (χ2n) is 5.98. The third kappa shape index (κ3) is 3.26. The smallest absolute Gasteiger partial charge is 0.111 e. The molecule has 1 N–H and O–H groups in total. The fourth-order valence-corrected chi connectivity index (χ4v) is 3.03. The van der Waals surface area contributed by atoms with Crippen LogP contribution in [0.5, 0.6) is 0 Å². The summed E-state index contributed by atoms with van der Waals surface area (Å²) in [5, 5.41) is 4.01. The first kappa shape index (κ1) is 16.0. The number of hydrogen-bond donors (Lipinski definition) is 1. The average Bonchev–Trinajstić information content (AvgIpc) is 2.85. The molecule has 0 spiro atoms. The van der Waals surface area contributed by atoms with Gasteiger partial charge >= 0.3 is 0 Å². The molecule has 2 aromatic carbocycles. The molecule has 3 rings (SSSR count). The van der Waals surface area contributed by atoms with Gasteiger partial charge in [-0.2, -0.15) is 0 Å². The molecule has 0 bridgehead atoms. The average molecular weight is 328 g/mol. The summed E-state index contributed by atoms with van der Waals surface area (Å²) in [6, 6.07) is 12.4. The topological polar surface area (TPSA) is 29.9 Å². The van der Waals surface area contributed by atoms with Gasteiger partial charge in [-0.1, -0.05) is 29.8 Å². The first-order chi connectivity index (χ1) is 11.1. The zero-order valence-electron chi connectivity index (χ0n) is 13.9. The van der Waals surface area contributed by atoms with Crippen LogP contribution in [0.1, 0.15) is 22.5 Å². The van der Waals surface area contributed by atoms with Crippen LogP contribution in [0, 0.1) is 13.8 Å². The summed E-state index contributed by atoms with van der Waals surface area (Å²) in [6.45, 7) is 5.94. The maximum absolute atomic E-state index is 6.36. The van der Waals surface area contributed by atoms with Gasteiger partial charge in [0.25, 0.3) is 0 Å². The van der Waals surface area contributed by atoms with Crippen molar-refractivity contribution in [1.29, 1.82) is 0 Å². The van der Waals surface area contributed by atoms with Crippen molar-refractivity contribution in [2.75, 3.05) is 13.6 Å². The summed E-state index contributed by atoms with van der Waals surface area (Å²) in [5.74, 6) is 1.10. The molecule has 0 aliphatic carbocycles. The largest absolute Gasteiger partial charge is 0.323 e. The maximum Gasteiger partial charge on any atom is 0.111 e. The van der Waals surface area contributed by atoms with Crippen LogP contribution < -0.4 is 5.32 Å². The highest BCUT2D eigenvalue weighted by molar-refractivity contribution is 6.31. The number of halogens is 1. The predicted molar refractivity (Wildman–Crippen MR) is 97.4 cm³/mol. The van der Waals surface area contributed by atoms with Gasteiger partial charge in [0, 0.05) is 18.0 Å². The Hall–Kier alpha value is -1.84. The molecule has 0 aliphatic rings. The van der Waals surface area contributed by atoms with E-state index in [4.69, 9.17) is 16.6 Å². The summed E-state index contributed by atoms with van der Waals surface area (Å²) < 4.78 is 2.29. The van der Waals surface area contributed by atoms with Crippen molar-refractivity contribution in [3.63, 3.8) is 0 Å². The van der Waals surface area contributed by atoms with E-state index in [1.165, 1.54) is 16.6 Å². The second-order valence-corrected chi connectivity index (χ2v) is 6.39. The molecule has 0 saturated carbocycles. The highest BCUT2D eigenvalue weighted by Crippen LogP contribution is 2.24. The van der Waals surface area contributed by atoms with Crippen molar-refractivity contribution in [3.8, 4) is 0 Å². The van der Waals surface area contributed by atoms with E-state index >= 15 is 0 Å². The first-order valence-electron chi connectivity index (χ1n) is 7.94. The molecule has 0 aliphatic heterocycles. The minimum absolute atomic E-state index is 0.748. The summed E-state index contributed by atoms with van der Waals surface area (Å²) in [5.41, 5.74) is 5.93. The standard InChI is InChI=1S/C19H22ClN3/c1-13-10-17-18(11-14(13)2)23(19(22-17)8-9-21-3)12-15-6-4-5-7-16(15)20/h4-7,10-11,21H,8-9,12H2,1-3H3. The van der Waals surface area contributed by atoms with Crippen LogP contribution in [0.4, 0.5) is 0 Å². The first-order valence-corrected chi connectivity index (χ1v) is 8.32. The van der Waals surface area contributed by atoms with E-state index in [0.29, 0.717) is 0 Å². The molecule has 0 fully saturated rings. The van der Waals surface area contributed by atoms with E-state index in [-0.39, 0.29) is 0 Å². The fraction of sp³-hybridized carbons (Fsp3) is 0.316. The lowest BCUT2D eigenvalue weighted by atomic mass is 10.1. The number of nitrogens with zero attached hydrogens (tertiary/aromatic N) is 2. The van der Waals surface area contributed by atoms with Gasteiger partial charge in [0.15, 0.2) is 0 Å². The number of imidazole rings is 1. The third-order valence-corrected chi connectivity index (χ3v) is 4.70. The highest BCUT2D eigenvalue weighted by Gasteiger charge is 2.13. The summed E-state index contributed by atoms with van der Waals surface area (Å²) in [7, 11) is 1.97. The molecule has 0 amide bonds. The van der Waals surface area contributed by atoms with Gasteiger partial charge in [-0.15, -0.1) is 0 Å². The Morgan fingerprint density at radius 3 is 2.61 bits per heavy atom. The Kier molecular flexibility index (Phi) is 4.69. The van der Waals surface area contributed by atoms with E-state index in [0.717, 1.165) is 41.4 Å². The number of rotatable bonds is 5. The SMILES string of the molecule is CNCCc1nc2cc(C)c(C)cc2n1Cc1ccccc1Cl. The van der Waals surface area contributed by atoms with Crippen LogP contribution >= 0.6 is 11.6 Å². The number of likely N-dealkylation sites (N-methyl/N-ethyl adjacent to an activating group) is 1. The van der Waals surface area contributed by atoms with Crippen LogP contribution in [0.15, 0.2) is 36.4 Å². The predicted octanol–water partition coefficient (Wildman–Crippen LogP) is 4.12. The van der Waals surface area contributed by atoms with Gasteiger partial charge in [-0.3, -0.25) is 0 Å². The lowest BCUT2D eigenvalue weighted by Crippen LogP contribution is -2.14. The van der Waals surface area contributed by atoms with Crippen molar-refractivity contribution in [1.82, 2.24) is 14.9 Å². The number of hydrogen-bond acceptors (Lipinski definition) is 2. The van der Waals surface area contributed by atoms with Crippen LogP contribution in [-0.2, 0) is 13.0 Å². The molecule has 3 aromatic rings. The number of fused-ring (bicyclic) bond motifs is 1. The van der Waals surface area contributed by atoms with E-state index in [1.807, 2.05) is 25.2 Å². The Balaban J connectivity index is 2.11. The summed E-state index contributed by atoms with van der Waals surface area (Å²) >= 11 is 6.36. The van der Waals surface area contributed by atoms with Gasteiger partial charge in [0.05, 0.1) is 17.6 Å². The Morgan fingerprint density at radius 1 is 1.13 bits per heavy atom.